The maximum atomic E-state index is 12.7. The van der Waals surface area contributed by atoms with Crippen LogP contribution in [0.15, 0.2) is 53.4 Å². The SMILES string of the molecule is CCN(CC)S(=O)(=O)c1cccc(C(=O)NCc2ccc(CN3CCCCC3)cc2)c1. The van der Waals surface area contributed by atoms with E-state index in [4.69, 9.17) is 0 Å². The smallest absolute Gasteiger partial charge is 0.251 e. The Hall–Kier alpha value is -2.22. The van der Waals surface area contributed by atoms with Gasteiger partial charge in [0, 0.05) is 31.7 Å². The molecular weight excluding hydrogens is 410 g/mol. The summed E-state index contributed by atoms with van der Waals surface area (Å²) in [5, 5.41) is 2.89. The molecule has 2 aromatic rings. The van der Waals surface area contributed by atoms with Crippen LogP contribution in [0, 0.1) is 0 Å². The number of nitrogens with one attached hydrogen (secondary N) is 1. The highest BCUT2D eigenvalue weighted by atomic mass is 32.2. The molecule has 0 spiro atoms. The first-order valence-corrected chi connectivity index (χ1v) is 12.6. The number of amides is 1. The number of piperidine rings is 1. The topological polar surface area (TPSA) is 69.7 Å². The third-order valence-electron chi connectivity index (χ3n) is 5.77. The maximum Gasteiger partial charge on any atom is 0.251 e. The molecule has 0 atom stereocenters. The van der Waals surface area contributed by atoms with Crippen molar-refractivity contribution in [3.63, 3.8) is 0 Å². The minimum absolute atomic E-state index is 0.144. The molecule has 3 rings (SSSR count). The van der Waals surface area contributed by atoms with Crippen molar-refractivity contribution in [1.82, 2.24) is 14.5 Å². The van der Waals surface area contributed by atoms with Crippen molar-refractivity contribution in [3.8, 4) is 0 Å². The highest BCUT2D eigenvalue weighted by Gasteiger charge is 2.22. The number of rotatable bonds is 9. The predicted molar refractivity (Wildman–Crippen MR) is 123 cm³/mol. The summed E-state index contributed by atoms with van der Waals surface area (Å²) in [4.78, 5) is 15.2. The van der Waals surface area contributed by atoms with E-state index in [0.29, 0.717) is 25.2 Å². The Morgan fingerprint density at radius 3 is 2.26 bits per heavy atom. The van der Waals surface area contributed by atoms with Crippen LogP contribution in [0.5, 0.6) is 0 Å². The Kier molecular flexibility index (Phi) is 8.23. The molecule has 1 saturated heterocycles. The van der Waals surface area contributed by atoms with E-state index in [1.54, 1.807) is 26.0 Å². The minimum Gasteiger partial charge on any atom is -0.348 e. The molecule has 1 aliphatic heterocycles. The predicted octanol–water partition coefficient (Wildman–Crippen LogP) is 3.63. The van der Waals surface area contributed by atoms with E-state index in [-0.39, 0.29) is 10.8 Å². The summed E-state index contributed by atoms with van der Waals surface area (Å²) in [6, 6.07) is 14.6. The number of hydrogen-bond acceptors (Lipinski definition) is 4. The van der Waals surface area contributed by atoms with Crippen LogP contribution < -0.4 is 5.32 Å². The van der Waals surface area contributed by atoms with Crippen LogP contribution in [0.4, 0.5) is 0 Å². The first-order valence-electron chi connectivity index (χ1n) is 11.1. The molecule has 0 unspecified atom stereocenters. The van der Waals surface area contributed by atoms with Crippen LogP contribution in [0.25, 0.3) is 0 Å². The Labute approximate surface area is 186 Å². The van der Waals surface area contributed by atoms with Gasteiger partial charge in [0.05, 0.1) is 4.90 Å². The Bertz CT molecular complexity index is 964. The van der Waals surface area contributed by atoms with E-state index in [9.17, 15) is 13.2 Å². The Morgan fingerprint density at radius 1 is 0.968 bits per heavy atom. The number of carbonyl (C=O) groups is 1. The summed E-state index contributed by atoms with van der Waals surface area (Å²) in [7, 11) is -3.59. The fourth-order valence-corrected chi connectivity index (χ4v) is 5.44. The molecule has 1 heterocycles. The lowest BCUT2D eigenvalue weighted by molar-refractivity contribution is 0.0950. The second-order valence-electron chi connectivity index (χ2n) is 7.95. The van der Waals surface area contributed by atoms with Gasteiger partial charge in [0.15, 0.2) is 0 Å². The van der Waals surface area contributed by atoms with Gasteiger partial charge in [-0.1, -0.05) is 50.6 Å². The number of carbonyl (C=O) groups excluding carboxylic acids is 1. The van der Waals surface area contributed by atoms with Crippen molar-refractivity contribution in [2.24, 2.45) is 0 Å². The fourth-order valence-electron chi connectivity index (χ4n) is 3.93. The normalized spacial score (nSPS) is 15.2. The molecule has 2 aromatic carbocycles. The van der Waals surface area contributed by atoms with E-state index < -0.39 is 10.0 Å². The molecule has 6 nitrogen and oxygen atoms in total. The third kappa shape index (κ3) is 6.15. The van der Waals surface area contributed by atoms with E-state index in [0.717, 1.165) is 12.1 Å². The van der Waals surface area contributed by atoms with Gasteiger partial charge in [0.25, 0.3) is 5.91 Å². The van der Waals surface area contributed by atoms with Gasteiger partial charge in [-0.2, -0.15) is 4.31 Å². The van der Waals surface area contributed by atoms with Crippen molar-refractivity contribution in [1.29, 1.82) is 0 Å². The molecule has 1 fully saturated rings. The van der Waals surface area contributed by atoms with Crippen LogP contribution in [-0.2, 0) is 23.1 Å². The Balaban J connectivity index is 1.59. The van der Waals surface area contributed by atoms with Crippen molar-refractivity contribution in [3.05, 3.63) is 65.2 Å². The monoisotopic (exact) mass is 443 g/mol. The standard InChI is InChI=1S/C24H33N3O3S/c1-3-27(4-2)31(29,30)23-10-8-9-22(17-23)24(28)25-18-20-11-13-21(14-12-20)19-26-15-6-5-7-16-26/h8-14,17H,3-7,15-16,18-19H2,1-2H3,(H,25,28). The third-order valence-corrected chi connectivity index (χ3v) is 7.82. The molecule has 168 valence electrons. The second kappa shape index (κ2) is 10.9. The average Bonchev–Trinajstić information content (AvgIpc) is 2.80. The number of nitrogens with zero attached hydrogens (tertiary/aromatic N) is 2. The van der Waals surface area contributed by atoms with Crippen molar-refractivity contribution < 1.29 is 13.2 Å². The molecular formula is C24H33N3O3S. The number of benzene rings is 2. The van der Waals surface area contributed by atoms with E-state index in [1.807, 2.05) is 12.1 Å². The van der Waals surface area contributed by atoms with Crippen molar-refractivity contribution in [2.75, 3.05) is 26.2 Å². The van der Waals surface area contributed by atoms with Gasteiger partial charge in [-0.3, -0.25) is 9.69 Å². The lowest BCUT2D eigenvalue weighted by Crippen LogP contribution is -2.31. The first-order chi connectivity index (χ1) is 14.9. The summed E-state index contributed by atoms with van der Waals surface area (Å²) < 4.78 is 26.8. The summed E-state index contributed by atoms with van der Waals surface area (Å²) in [5.74, 6) is -0.283. The van der Waals surface area contributed by atoms with Crippen LogP contribution >= 0.6 is 0 Å². The summed E-state index contributed by atoms with van der Waals surface area (Å²) in [6.45, 7) is 8.09. The lowest BCUT2D eigenvalue weighted by atomic mass is 10.1. The fraction of sp³-hybridized carbons (Fsp3) is 0.458. The Morgan fingerprint density at radius 2 is 1.61 bits per heavy atom. The summed E-state index contributed by atoms with van der Waals surface area (Å²) in [6.07, 6.45) is 3.89. The molecule has 0 bridgehead atoms. The van der Waals surface area contributed by atoms with Gasteiger partial charge < -0.3 is 5.32 Å². The van der Waals surface area contributed by atoms with E-state index in [1.165, 1.54) is 54.4 Å². The highest BCUT2D eigenvalue weighted by Crippen LogP contribution is 2.17. The van der Waals surface area contributed by atoms with Crippen molar-refractivity contribution >= 4 is 15.9 Å². The van der Waals surface area contributed by atoms with Crippen LogP contribution in [-0.4, -0.2) is 49.7 Å². The molecule has 0 saturated carbocycles. The molecule has 0 radical (unpaired) electrons. The maximum absolute atomic E-state index is 12.7. The van der Waals surface area contributed by atoms with Crippen LogP contribution in [0.3, 0.4) is 0 Å². The molecule has 1 N–H and O–H groups in total. The van der Waals surface area contributed by atoms with Gasteiger partial charge in [0.2, 0.25) is 10.0 Å². The lowest BCUT2D eigenvalue weighted by Gasteiger charge is -2.26. The van der Waals surface area contributed by atoms with Gasteiger partial charge >= 0.3 is 0 Å². The molecule has 31 heavy (non-hydrogen) atoms. The highest BCUT2D eigenvalue weighted by molar-refractivity contribution is 7.89. The number of likely N-dealkylation sites (tertiary alicyclic amines) is 1. The van der Waals surface area contributed by atoms with E-state index >= 15 is 0 Å². The van der Waals surface area contributed by atoms with Crippen molar-refractivity contribution in [2.45, 2.75) is 51.1 Å². The number of hydrogen-bond donors (Lipinski definition) is 1. The quantitative estimate of drug-likeness (QED) is 0.643. The number of sulfonamides is 1. The largest absolute Gasteiger partial charge is 0.348 e. The average molecular weight is 444 g/mol. The molecule has 7 heteroatoms. The molecule has 0 aliphatic carbocycles. The van der Waals surface area contributed by atoms with Gasteiger partial charge in [-0.15, -0.1) is 0 Å². The zero-order chi connectivity index (χ0) is 22.3. The van der Waals surface area contributed by atoms with Crippen LogP contribution in [0.2, 0.25) is 0 Å². The summed E-state index contributed by atoms with van der Waals surface area (Å²) >= 11 is 0. The zero-order valence-corrected chi connectivity index (χ0v) is 19.3. The van der Waals surface area contributed by atoms with Gasteiger partial charge in [-0.05, 0) is 55.3 Å². The molecule has 0 aromatic heterocycles. The molecule has 1 amide bonds. The van der Waals surface area contributed by atoms with E-state index in [2.05, 4.69) is 22.3 Å². The summed E-state index contributed by atoms with van der Waals surface area (Å²) in [5.41, 5.74) is 2.64. The minimum atomic E-state index is -3.59. The second-order valence-corrected chi connectivity index (χ2v) is 9.89. The first kappa shape index (κ1) is 23.4. The molecule has 1 aliphatic rings. The van der Waals surface area contributed by atoms with Gasteiger partial charge in [-0.25, -0.2) is 8.42 Å². The van der Waals surface area contributed by atoms with Crippen LogP contribution in [0.1, 0.15) is 54.6 Å². The zero-order valence-electron chi connectivity index (χ0n) is 18.5. The van der Waals surface area contributed by atoms with Gasteiger partial charge in [0.1, 0.15) is 0 Å².